The van der Waals surface area contributed by atoms with E-state index in [9.17, 15) is 0 Å². The Kier molecular flexibility index (Phi) is 4.45. The molecule has 0 saturated carbocycles. The molecule has 2 nitrogen and oxygen atoms in total. The molecule has 2 saturated heterocycles. The van der Waals surface area contributed by atoms with Gasteiger partial charge in [0.1, 0.15) is 0 Å². The van der Waals surface area contributed by atoms with Crippen molar-refractivity contribution >= 4 is 0 Å². The topological polar surface area (TPSA) is 12.5 Å². The minimum absolute atomic E-state index is 0.372. The molecular formula is C21H25NO. The molecule has 2 aromatic rings. The normalized spacial score (nSPS) is 22.9. The minimum atomic E-state index is 0.372. The van der Waals surface area contributed by atoms with Gasteiger partial charge in [0.05, 0.1) is 12.1 Å². The number of rotatable bonds is 4. The van der Waals surface area contributed by atoms with Gasteiger partial charge in [-0.3, -0.25) is 4.90 Å². The summed E-state index contributed by atoms with van der Waals surface area (Å²) < 4.78 is 5.99. The zero-order chi connectivity index (χ0) is 15.5. The van der Waals surface area contributed by atoms with Gasteiger partial charge in [0, 0.05) is 25.6 Å². The fraction of sp³-hybridized carbons (Fsp3) is 0.429. The quantitative estimate of drug-likeness (QED) is 0.836. The minimum Gasteiger partial charge on any atom is -0.378 e. The third kappa shape index (κ3) is 3.19. The number of benzene rings is 2. The van der Waals surface area contributed by atoms with Crippen LogP contribution >= 0.6 is 0 Å². The molecule has 4 rings (SSSR count). The van der Waals surface area contributed by atoms with E-state index in [4.69, 9.17) is 4.74 Å². The van der Waals surface area contributed by atoms with Gasteiger partial charge < -0.3 is 4.74 Å². The van der Waals surface area contributed by atoms with Gasteiger partial charge in [0.25, 0.3) is 0 Å². The van der Waals surface area contributed by atoms with Crippen LogP contribution in [-0.2, 0) is 4.74 Å². The fourth-order valence-corrected chi connectivity index (χ4v) is 4.02. The molecule has 2 aliphatic rings. The highest BCUT2D eigenvalue weighted by atomic mass is 16.5. The Morgan fingerprint density at radius 2 is 1.43 bits per heavy atom. The van der Waals surface area contributed by atoms with E-state index in [2.05, 4.69) is 65.6 Å². The van der Waals surface area contributed by atoms with Gasteiger partial charge in [-0.25, -0.2) is 0 Å². The van der Waals surface area contributed by atoms with Crippen molar-refractivity contribution in [3.05, 3.63) is 71.8 Å². The summed E-state index contributed by atoms with van der Waals surface area (Å²) in [5.41, 5.74) is 2.78. The molecule has 0 bridgehead atoms. The van der Waals surface area contributed by atoms with Gasteiger partial charge >= 0.3 is 0 Å². The van der Waals surface area contributed by atoms with Crippen LogP contribution in [0.5, 0.6) is 0 Å². The Labute approximate surface area is 139 Å². The first-order chi connectivity index (χ1) is 11.4. The summed E-state index contributed by atoms with van der Waals surface area (Å²) in [5.74, 6) is 0.713. The first kappa shape index (κ1) is 14.9. The van der Waals surface area contributed by atoms with E-state index in [1.165, 1.54) is 30.4 Å². The van der Waals surface area contributed by atoms with E-state index in [1.54, 1.807) is 0 Å². The lowest BCUT2D eigenvalue weighted by molar-refractivity contribution is -0.0792. The second-order valence-corrected chi connectivity index (χ2v) is 6.84. The molecule has 0 amide bonds. The van der Waals surface area contributed by atoms with Crippen LogP contribution in [0.15, 0.2) is 60.7 Å². The molecule has 0 radical (unpaired) electrons. The van der Waals surface area contributed by atoms with Crippen molar-refractivity contribution in [2.24, 2.45) is 5.92 Å². The number of likely N-dealkylation sites (tertiary alicyclic amines) is 1. The zero-order valence-electron chi connectivity index (χ0n) is 13.6. The van der Waals surface area contributed by atoms with Crippen LogP contribution in [0, 0.1) is 5.92 Å². The van der Waals surface area contributed by atoms with Crippen LogP contribution in [0.1, 0.15) is 36.4 Å². The highest BCUT2D eigenvalue weighted by molar-refractivity contribution is 5.32. The van der Waals surface area contributed by atoms with Crippen molar-refractivity contribution in [3.8, 4) is 0 Å². The zero-order valence-corrected chi connectivity index (χ0v) is 13.6. The number of hydrogen-bond donors (Lipinski definition) is 0. The number of nitrogens with zero attached hydrogens (tertiary/aromatic N) is 1. The van der Waals surface area contributed by atoms with Crippen molar-refractivity contribution in [2.75, 3.05) is 19.7 Å². The Hall–Kier alpha value is -1.64. The van der Waals surface area contributed by atoms with E-state index < -0.39 is 0 Å². The highest BCUT2D eigenvalue weighted by Gasteiger charge is 2.39. The predicted molar refractivity (Wildman–Crippen MR) is 93.4 cm³/mol. The van der Waals surface area contributed by atoms with Crippen molar-refractivity contribution in [3.63, 3.8) is 0 Å². The third-order valence-electron chi connectivity index (χ3n) is 5.27. The van der Waals surface area contributed by atoms with Crippen molar-refractivity contribution in [1.82, 2.24) is 4.90 Å². The molecule has 23 heavy (non-hydrogen) atoms. The molecule has 1 atom stereocenters. The van der Waals surface area contributed by atoms with E-state index >= 15 is 0 Å². The van der Waals surface area contributed by atoms with Gasteiger partial charge in [-0.05, 0) is 30.4 Å². The average molecular weight is 307 g/mol. The molecule has 2 fully saturated rings. The maximum absolute atomic E-state index is 5.99. The van der Waals surface area contributed by atoms with Crippen LogP contribution < -0.4 is 0 Å². The van der Waals surface area contributed by atoms with Gasteiger partial charge in [-0.1, -0.05) is 60.7 Å². The first-order valence-corrected chi connectivity index (χ1v) is 8.87. The van der Waals surface area contributed by atoms with Gasteiger partial charge in [-0.2, -0.15) is 0 Å². The summed E-state index contributed by atoms with van der Waals surface area (Å²) >= 11 is 0. The van der Waals surface area contributed by atoms with Crippen molar-refractivity contribution in [2.45, 2.75) is 31.4 Å². The predicted octanol–water partition coefficient (Wildman–Crippen LogP) is 4.28. The summed E-state index contributed by atoms with van der Waals surface area (Å²) in [6, 6.07) is 22.2. The van der Waals surface area contributed by atoms with Crippen LogP contribution in [0.3, 0.4) is 0 Å². The molecule has 2 heterocycles. The highest BCUT2D eigenvalue weighted by Crippen LogP contribution is 2.37. The molecule has 2 aliphatic heterocycles. The molecule has 0 aromatic heterocycles. The van der Waals surface area contributed by atoms with Gasteiger partial charge in [0.15, 0.2) is 0 Å². The maximum atomic E-state index is 5.99. The van der Waals surface area contributed by atoms with E-state index in [-0.39, 0.29) is 0 Å². The standard InChI is InChI=1S/C21H25NO/c1-3-9-17(10-4-1)21(18-11-5-2-6-12-18)22-15-19(16-22)20-13-7-8-14-23-20/h1-6,9-12,19-21H,7-8,13-16H2. The van der Waals surface area contributed by atoms with E-state index in [0.717, 1.165) is 19.7 Å². The molecule has 0 N–H and O–H groups in total. The van der Waals surface area contributed by atoms with Gasteiger partial charge in [-0.15, -0.1) is 0 Å². The van der Waals surface area contributed by atoms with Crippen LogP contribution in [0.4, 0.5) is 0 Å². The van der Waals surface area contributed by atoms with Crippen LogP contribution in [0.25, 0.3) is 0 Å². The lowest BCUT2D eigenvalue weighted by atomic mass is 9.85. The smallest absolute Gasteiger partial charge is 0.0627 e. The summed E-state index contributed by atoms with van der Waals surface area (Å²) in [4.78, 5) is 2.60. The summed E-state index contributed by atoms with van der Waals surface area (Å²) in [6.07, 6.45) is 4.32. The Morgan fingerprint density at radius 3 is 1.96 bits per heavy atom. The first-order valence-electron chi connectivity index (χ1n) is 8.87. The monoisotopic (exact) mass is 307 g/mol. The summed E-state index contributed by atoms with van der Waals surface area (Å²) in [7, 11) is 0. The molecule has 0 aliphatic carbocycles. The van der Waals surface area contributed by atoms with E-state index in [0.29, 0.717) is 18.1 Å². The molecule has 120 valence electrons. The third-order valence-corrected chi connectivity index (χ3v) is 5.27. The maximum Gasteiger partial charge on any atom is 0.0627 e. The molecule has 2 aromatic carbocycles. The summed E-state index contributed by atoms with van der Waals surface area (Å²) in [6.45, 7) is 3.26. The fourth-order valence-electron chi connectivity index (χ4n) is 4.02. The van der Waals surface area contributed by atoms with E-state index in [1.807, 2.05) is 0 Å². The Bertz CT molecular complexity index is 561. The Balaban J connectivity index is 1.51. The lowest BCUT2D eigenvalue weighted by Gasteiger charge is -2.48. The number of hydrogen-bond acceptors (Lipinski definition) is 2. The second kappa shape index (κ2) is 6.86. The van der Waals surface area contributed by atoms with Crippen molar-refractivity contribution in [1.29, 1.82) is 0 Å². The molecule has 2 heteroatoms. The molecule has 1 unspecified atom stereocenters. The molecule has 0 spiro atoms. The van der Waals surface area contributed by atoms with Crippen LogP contribution in [0.2, 0.25) is 0 Å². The average Bonchev–Trinajstić information content (AvgIpc) is 2.60. The number of ether oxygens (including phenoxy) is 1. The summed E-state index contributed by atoms with van der Waals surface area (Å²) in [5, 5.41) is 0. The SMILES string of the molecule is c1ccc(C(c2ccccc2)N2CC(C3CCCCO3)C2)cc1. The Morgan fingerprint density at radius 1 is 0.826 bits per heavy atom. The van der Waals surface area contributed by atoms with Crippen molar-refractivity contribution < 1.29 is 4.74 Å². The largest absolute Gasteiger partial charge is 0.378 e. The second-order valence-electron chi connectivity index (χ2n) is 6.84. The van der Waals surface area contributed by atoms with Crippen LogP contribution in [-0.4, -0.2) is 30.7 Å². The lowest BCUT2D eigenvalue weighted by Crippen LogP contribution is -2.54. The molecular weight excluding hydrogens is 282 g/mol. The van der Waals surface area contributed by atoms with Gasteiger partial charge in [0.2, 0.25) is 0 Å².